The maximum atomic E-state index is 13.8. The van der Waals surface area contributed by atoms with E-state index in [0.717, 1.165) is 12.0 Å². The zero-order valence-electron chi connectivity index (χ0n) is 14.7. The Kier molecular flexibility index (Phi) is 5.07. The lowest BCUT2D eigenvalue weighted by atomic mass is 10.1. The number of aromatic carboxylic acids is 1. The molecule has 0 saturated heterocycles. The fourth-order valence-corrected chi connectivity index (χ4v) is 3.14. The fourth-order valence-electron chi connectivity index (χ4n) is 3.14. The van der Waals surface area contributed by atoms with Gasteiger partial charge in [0, 0.05) is 17.8 Å². The summed E-state index contributed by atoms with van der Waals surface area (Å²) in [6.45, 7) is 2.35. The Morgan fingerprint density at radius 1 is 1.15 bits per heavy atom. The molecule has 26 heavy (non-hydrogen) atoms. The number of carboxylic acids is 1. The third-order valence-electron chi connectivity index (χ3n) is 4.50. The Morgan fingerprint density at radius 2 is 1.88 bits per heavy atom. The number of nitrogens with zero attached hydrogens (tertiary/aromatic N) is 1. The number of carbonyl (C=O) groups is 1. The van der Waals surface area contributed by atoms with Gasteiger partial charge in [-0.3, -0.25) is 0 Å². The second kappa shape index (κ2) is 7.44. The van der Waals surface area contributed by atoms with E-state index in [-0.39, 0.29) is 5.56 Å². The largest absolute Gasteiger partial charge is 0.496 e. The molecule has 2 aromatic carbocycles. The Morgan fingerprint density at radius 3 is 2.54 bits per heavy atom. The molecule has 0 saturated carbocycles. The van der Waals surface area contributed by atoms with E-state index in [1.807, 2.05) is 34.9 Å². The van der Waals surface area contributed by atoms with E-state index in [4.69, 9.17) is 4.74 Å². The topological polar surface area (TPSA) is 51.5 Å². The van der Waals surface area contributed by atoms with E-state index >= 15 is 0 Å². The minimum Gasteiger partial charge on any atom is -0.496 e. The Bertz CT molecular complexity index is 932. The van der Waals surface area contributed by atoms with Crippen molar-refractivity contribution in [2.24, 2.45) is 0 Å². The van der Waals surface area contributed by atoms with Gasteiger partial charge in [0.05, 0.1) is 18.4 Å². The molecule has 0 unspecified atom stereocenters. The molecule has 0 amide bonds. The lowest BCUT2D eigenvalue weighted by Crippen LogP contribution is -2.07. The molecule has 5 heteroatoms. The molecule has 0 aliphatic rings. The van der Waals surface area contributed by atoms with Gasteiger partial charge in [0.25, 0.3) is 0 Å². The molecule has 0 spiro atoms. The van der Waals surface area contributed by atoms with Crippen LogP contribution in [0, 0.1) is 12.7 Å². The summed E-state index contributed by atoms with van der Waals surface area (Å²) in [5.74, 6) is -0.898. The predicted molar refractivity (Wildman–Crippen MR) is 98.2 cm³/mol. The van der Waals surface area contributed by atoms with E-state index in [0.29, 0.717) is 29.2 Å². The highest BCUT2D eigenvalue weighted by atomic mass is 19.1. The van der Waals surface area contributed by atoms with Crippen molar-refractivity contribution >= 4 is 5.97 Å². The first-order valence-corrected chi connectivity index (χ1v) is 8.32. The average Bonchev–Trinajstić information content (AvgIpc) is 2.97. The van der Waals surface area contributed by atoms with Gasteiger partial charge >= 0.3 is 5.97 Å². The summed E-state index contributed by atoms with van der Waals surface area (Å²) < 4.78 is 21.1. The summed E-state index contributed by atoms with van der Waals surface area (Å²) in [4.78, 5) is 11.6. The number of aromatic nitrogens is 1. The second-order valence-corrected chi connectivity index (χ2v) is 6.07. The van der Waals surface area contributed by atoms with Gasteiger partial charge in [-0.25, -0.2) is 9.18 Å². The molecule has 4 nitrogen and oxygen atoms in total. The minimum atomic E-state index is -1.00. The van der Waals surface area contributed by atoms with Crippen LogP contribution < -0.4 is 4.74 Å². The molecular formula is C21H20FNO3. The molecule has 3 rings (SSSR count). The molecule has 0 fully saturated rings. The zero-order chi connectivity index (χ0) is 18.7. The van der Waals surface area contributed by atoms with Gasteiger partial charge in [-0.05, 0) is 43.2 Å². The molecule has 0 atom stereocenters. The minimum absolute atomic E-state index is 0.208. The summed E-state index contributed by atoms with van der Waals surface area (Å²) in [7, 11) is 1.51. The van der Waals surface area contributed by atoms with Crippen molar-refractivity contribution in [1.82, 2.24) is 4.57 Å². The number of hydrogen-bond donors (Lipinski definition) is 1. The number of aryl methyl sites for hydroxylation is 1. The van der Waals surface area contributed by atoms with Crippen LogP contribution in [0.4, 0.5) is 4.39 Å². The number of halogens is 1. The molecule has 1 aromatic heterocycles. The predicted octanol–water partition coefficient (Wildman–Crippen LogP) is 4.55. The molecule has 0 aliphatic carbocycles. The van der Waals surface area contributed by atoms with Gasteiger partial charge in [0.15, 0.2) is 0 Å². The standard InChI is InChI=1S/C21H20FNO3/c1-14-17(21(24)25)13-19(18-12-16(22)8-9-20(18)26-2)23(14)11-10-15-6-4-3-5-7-15/h3-9,12-13H,10-11H2,1-2H3,(H,24,25). The number of hydrogen-bond acceptors (Lipinski definition) is 2. The van der Waals surface area contributed by atoms with Gasteiger partial charge in [0.2, 0.25) is 0 Å². The van der Waals surface area contributed by atoms with Gasteiger partial charge in [-0.1, -0.05) is 30.3 Å². The Balaban J connectivity index is 2.08. The molecule has 0 aliphatic heterocycles. The summed E-state index contributed by atoms with van der Waals surface area (Å²) in [5, 5.41) is 9.50. The van der Waals surface area contributed by atoms with E-state index in [9.17, 15) is 14.3 Å². The van der Waals surface area contributed by atoms with Crippen LogP contribution in [0.1, 0.15) is 21.6 Å². The first kappa shape index (κ1) is 17.7. The van der Waals surface area contributed by atoms with Gasteiger partial charge in [0.1, 0.15) is 11.6 Å². The lowest BCUT2D eigenvalue weighted by Gasteiger charge is -2.14. The van der Waals surface area contributed by atoms with Crippen molar-refractivity contribution < 1.29 is 19.0 Å². The number of ether oxygens (including phenoxy) is 1. The van der Waals surface area contributed by atoms with Crippen LogP contribution in [0.2, 0.25) is 0 Å². The third kappa shape index (κ3) is 3.47. The monoisotopic (exact) mass is 353 g/mol. The highest BCUT2D eigenvalue weighted by Crippen LogP contribution is 2.34. The van der Waals surface area contributed by atoms with Crippen LogP contribution in [0.25, 0.3) is 11.3 Å². The van der Waals surface area contributed by atoms with E-state index in [1.54, 1.807) is 19.1 Å². The van der Waals surface area contributed by atoms with Crippen LogP contribution in [0.3, 0.4) is 0 Å². The molecule has 0 radical (unpaired) electrons. The molecular weight excluding hydrogens is 333 g/mol. The third-order valence-corrected chi connectivity index (χ3v) is 4.50. The van der Waals surface area contributed by atoms with E-state index in [1.165, 1.54) is 19.2 Å². The number of carboxylic acid groups (broad SMARTS) is 1. The van der Waals surface area contributed by atoms with Crippen molar-refractivity contribution in [2.45, 2.75) is 19.9 Å². The van der Waals surface area contributed by atoms with Crippen molar-refractivity contribution in [1.29, 1.82) is 0 Å². The molecule has 3 aromatic rings. The first-order valence-electron chi connectivity index (χ1n) is 8.32. The molecule has 134 valence electrons. The maximum Gasteiger partial charge on any atom is 0.337 e. The van der Waals surface area contributed by atoms with E-state index in [2.05, 4.69) is 0 Å². The smallest absolute Gasteiger partial charge is 0.337 e. The SMILES string of the molecule is COc1ccc(F)cc1-c1cc(C(=O)O)c(C)n1CCc1ccccc1. The van der Waals surface area contributed by atoms with Crippen molar-refractivity contribution in [3.8, 4) is 17.0 Å². The van der Waals surface area contributed by atoms with Crippen molar-refractivity contribution in [3.63, 3.8) is 0 Å². The summed E-state index contributed by atoms with van der Waals surface area (Å²) in [6.07, 6.45) is 0.736. The molecule has 1 heterocycles. The second-order valence-electron chi connectivity index (χ2n) is 6.07. The highest BCUT2D eigenvalue weighted by Gasteiger charge is 2.20. The maximum absolute atomic E-state index is 13.8. The van der Waals surface area contributed by atoms with Crippen LogP contribution in [-0.2, 0) is 13.0 Å². The molecule has 0 bridgehead atoms. The Hall–Kier alpha value is -3.08. The Labute approximate surface area is 151 Å². The number of methoxy groups -OCH3 is 1. The summed E-state index contributed by atoms with van der Waals surface area (Å²) in [5.41, 5.74) is 3.16. The van der Waals surface area contributed by atoms with Gasteiger partial charge in [-0.15, -0.1) is 0 Å². The summed E-state index contributed by atoms with van der Waals surface area (Å²) >= 11 is 0. The number of benzene rings is 2. The quantitative estimate of drug-likeness (QED) is 0.707. The zero-order valence-corrected chi connectivity index (χ0v) is 14.7. The number of rotatable bonds is 6. The highest BCUT2D eigenvalue weighted by molar-refractivity contribution is 5.91. The lowest BCUT2D eigenvalue weighted by molar-refractivity contribution is 0.0696. The van der Waals surface area contributed by atoms with Crippen molar-refractivity contribution in [2.75, 3.05) is 7.11 Å². The van der Waals surface area contributed by atoms with Crippen LogP contribution >= 0.6 is 0 Å². The fraction of sp³-hybridized carbons (Fsp3) is 0.190. The first-order chi connectivity index (χ1) is 12.5. The normalized spacial score (nSPS) is 10.7. The molecule has 1 N–H and O–H groups in total. The van der Waals surface area contributed by atoms with Gasteiger partial charge in [-0.2, -0.15) is 0 Å². The van der Waals surface area contributed by atoms with Gasteiger partial charge < -0.3 is 14.4 Å². The van der Waals surface area contributed by atoms with Crippen LogP contribution in [0.5, 0.6) is 5.75 Å². The summed E-state index contributed by atoms with van der Waals surface area (Å²) in [6, 6.07) is 15.8. The van der Waals surface area contributed by atoms with Crippen molar-refractivity contribution in [3.05, 3.63) is 77.2 Å². The van der Waals surface area contributed by atoms with Crippen LogP contribution in [0.15, 0.2) is 54.6 Å². The van der Waals surface area contributed by atoms with Crippen LogP contribution in [-0.4, -0.2) is 22.8 Å². The average molecular weight is 353 g/mol. The van der Waals surface area contributed by atoms with E-state index < -0.39 is 11.8 Å².